The highest BCUT2D eigenvalue weighted by atomic mass is 16.5. The molecule has 0 atom stereocenters. The second kappa shape index (κ2) is 11.2. The standard InChI is InChI=1S/C23H28O4/c1-3-10-18-12-5-7-14-20(18)26-22(24)16-9-17-23(25)27-21-15-8-6-13-19(21)11-4-2/h5-8,12-15H,3-4,9-11,16-17H2,1-2H3. The van der Waals surface area contributed by atoms with E-state index in [1.54, 1.807) is 0 Å². The van der Waals surface area contributed by atoms with Crippen molar-refractivity contribution in [1.82, 2.24) is 0 Å². The smallest absolute Gasteiger partial charge is 0.311 e. The van der Waals surface area contributed by atoms with Crippen LogP contribution >= 0.6 is 0 Å². The first kappa shape index (κ1) is 20.7. The van der Waals surface area contributed by atoms with Gasteiger partial charge in [0.2, 0.25) is 0 Å². The van der Waals surface area contributed by atoms with Gasteiger partial charge in [0.05, 0.1) is 0 Å². The third kappa shape index (κ3) is 6.89. The zero-order valence-corrected chi connectivity index (χ0v) is 16.2. The van der Waals surface area contributed by atoms with Crippen molar-refractivity contribution < 1.29 is 19.1 Å². The molecule has 0 aliphatic carbocycles. The summed E-state index contributed by atoms with van der Waals surface area (Å²) in [5.74, 6) is 0.580. The van der Waals surface area contributed by atoms with Crippen molar-refractivity contribution in [3.8, 4) is 11.5 Å². The molecule has 0 saturated heterocycles. The van der Waals surface area contributed by atoms with Gasteiger partial charge in [-0.05, 0) is 42.5 Å². The minimum absolute atomic E-state index is 0.187. The highest BCUT2D eigenvalue weighted by Gasteiger charge is 2.12. The Bertz CT molecular complexity index is 688. The zero-order valence-electron chi connectivity index (χ0n) is 16.2. The fourth-order valence-corrected chi connectivity index (χ4v) is 2.88. The van der Waals surface area contributed by atoms with E-state index in [2.05, 4.69) is 13.8 Å². The average molecular weight is 368 g/mol. The van der Waals surface area contributed by atoms with E-state index in [4.69, 9.17) is 9.47 Å². The SMILES string of the molecule is CCCc1ccccc1OC(=O)CCCC(=O)Oc1ccccc1CCC. The van der Waals surface area contributed by atoms with Crippen molar-refractivity contribution in [3.63, 3.8) is 0 Å². The number of aryl methyl sites for hydroxylation is 2. The molecule has 0 radical (unpaired) electrons. The fraction of sp³-hybridized carbons (Fsp3) is 0.391. The average Bonchev–Trinajstić information content (AvgIpc) is 2.65. The van der Waals surface area contributed by atoms with Crippen LogP contribution in [-0.4, -0.2) is 11.9 Å². The van der Waals surface area contributed by atoms with E-state index in [1.165, 1.54) is 0 Å². The molecule has 0 N–H and O–H groups in total. The van der Waals surface area contributed by atoms with Crippen LogP contribution in [0.3, 0.4) is 0 Å². The van der Waals surface area contributed by atoms with Crippen LogP contribution in [0.4, 0.5) is 0 Å². The molecule has 2 aromatic carbocycles. The van der Waals surface area contributed by atoms with E-state index in [0.717, 1.165) is 36.8 Å². The van der Waals surface area contributed by atoms with Crippen molar-refractivity contribution in [2.45, 2.75) is 58.8 Å². The predicted octanol–water partition coefficient (Wildman–Crippen LogP) is 5.27. The molecular formula is C23H28O4. The largest absolute Gasteiger partial charge is 0.426 e. The van der Waals surface area contributed by atoms with Crippen LogP contribution in [0.25, 0.3) is 0 Å². The van der Waals surface area contributed by atoms with Gasteiger partial charge in [0.15, 0.2) is 0 Å². The summed E-state index contributed by atoms with van der Waals surface area (Å²) >= 11 is 0. The molecule has 0 heterocycles. The quantitative estimate of drug-likeness (QED) is 0.423. The van der Waals surface area contributed by atoms with Gasteiger partial charge >= 0.3 is 11.9 Å². The first-order valence-corrected chi connectivity index (χ1v) is 9.71. The monoisotopic (exact) mass is 368 g/mol. The summed E-state index contributed by atoms with van der Waals surface area (Å²) in [6.45, 7) is 4.17. The third-order valence-corrected chi connectivity index (χ3v) is 4.19. The predicted molar refractivity (Wildman–Crippen MR) is 106 cm³/mol. The highest BCUT2D eigenvalue weighted by Crippen LogP contribution is 2.21. The molecule has 0 amide bonds. The van der Waals surface area contributed by atoms with E-state index in [1.807, 2.05) is 48.5 Å². The van der Waals surface area contributed by atoms with Crippen LogP contribution in [0.1, 0.15) is 57.1 Å². The topological polar surface area (TPSA) is 52.6 Å². The van der Waals surface area contributed by atoms with Gasteiger partial charge in [-0.3, -0.25) is 9.59 Å². The Kier molecular flexibility index (Phi) is 8.56. The molecule has 0 spiro atoms. The number of benzene rings is 2. The Morgan fingerprint density at radius 2 is 1.11 bits per heavy atom. The maximum Gasteiger partial charge on any atom is 0.311 e. The van der Waals surface area contributed by atoms with Crippen LogP contribution < -0.4 is 9.47 Å². The Balaban J connectivity index is 1.79. The number of para-hydroxylation sites is 2. The lowest BCUT2D eigenvalue weighted by Crippen LogP contribution is -2.13. The molecule has 0 aliphatic rings. The number of hydrogen-bond acceptors (Lipinski definition) is 4. The van der Waals surface area contributed by atoms with Crippen LogP contribution in [0.2, 0.25) is 0 Å². The Labute approximate surface area is 161 Å². The number of esters is 2. The molecule has 2 aromatic rings. The molecule has 0 fully saturated rings. The van der Waals surface area contributed by atoms with Crippen LogP contribution in [0, 0.1) is 0 Å². The Morgan fingerprint density at radius 1 is 0.704 bits per heavy atom. The molecular weight excluding hydrogens is 340 g/mol. The maximum absolute atomic E-state index is 12.1. The van der Waals surface area contributed by atoms with Gasteiger partial charge in [0.25, 0.3) is 0 Å². The lowest BCUT2D eigenvalue weighted by molar-refractivity contribution is -0.136. The van der Waals surface area contributed by atoms with Crippen molar-refractivity contribution in [2.24, 2.45) is 0 Å². The van der Waals surface area contributed by atoms with E-state index in [9.17, 15) is 9.59 Å². The lowest BCUT2D eigenvalue weighted by atomic mass is 10.1. The molecule has 144 valence electrons. The minimum atomic E-state index is -0.322. The molecule has 27 heavy (non-hydrogen) atoms. The maximum atomic E-state index is 12.1. The molecule has 0 bridgehead atoms. The zero-order chi connectivity index (χ0) is 19.5. The van der Waals surface area contributed by atoms with Gasteiger partial charge in [-0.15, -0.1) is 0 Å². The molecule has 0 unspecified atom stereocenters. The summed E-state index contributed by atoms with van der Waals surface area (Å²) in [5, 5.41) is 0. The van der Waals surface area contributed by atoms with Crippen LogP contribution in [-0.2, 0) is 22.4 Å². The summed E-state index contributed by atoms with van der Waals surface area (Å²) in [7, 11) is 0. The van der Waals surface area contributed by atoms with Gasteiger partial charge in [0, 0.05) is 12.8 Å². The molecule has 2 rings (SSSR count). The summed E-state index contributed by atoms with van der Waals surface area (Å²) < 4.78 is 10.9. The number of hydrogen-bond donors (Lipinski definition) is 0. The first-order valence-electron chi connectivity index (χ1n) is 9.71. The van der Waals surface area contributed by atoms with Crippen LogP contribution in [0.5, 0.6) is 11.5 Å². The minimum Gasteiger partial charge on any atom is -0.426 e. The van der Waals surface area contributed by atoms with Crippen molar-refractivity contribution in [2.75, 3.05) is 0 Å². The summed E-state index contributed by atoms with van der Waals surface area (Å²) in [5.41, 5.74) is 2.06. The number of rotatable bonds is 10. The fourth-order valence-electron chi connectivity index (χ4n) is 2.88. The summed E-state index contributed by atoms with van der Waals surface area (Å²) in [4.78, 5) is 24.1. The van der Waals surface area contributed by atoms with E-state index in [-0.39, 0.29) is 24.8 Å². The molecule has 0 aliphatic heterocycles. The first-order chi connectivity index (χ1) is 13.1. The van der Waals surface area contributed by atoms with E-state index < -0.39 is 0 Å². The Hall–Kier alpha value is -2.62. The third-order valence-electron chi connectivity index (χ3n) is 4.19. The lowest BCUT2D eigenvalue weighted by Gasteiger charge is -2.10. The van der Waals surface area contributed by atoms with Gasteiger partial charge in [-0.2, -0.15) is 0 Å². The number of ether oxygens (including phenoxy) is 2. The molecule has 4 nitrogen and oxygen atoms in total. The van der Waals surface area contributed by atoms with Crippen molar-refractivity contribution in [1.29, 1.82) is 0 Å². The van der Waals surface area contributed by atoms with E-state index in [0.29, 0.717) is 17.9 Å². The number of carbonyl (C=O) groups is 2. The van der Waals surface area contributed by atoms with Gasteiger partial charge in [-0.1, -0.05) is 63.1 Å². The molecule has 4 heteroatoms. The van der Waals surface area contributed by atoms with Crippen LogP contribution in [0.15, 0.2) is 48.5 Å². The van der Waals surface area contributed by atoms with E-state index >= 15 is 0 Å². The van der Waals surface area contributed by atoms with Crippen molar-refractivity contribution in [3.05, 3.63) is 59.7 Å². The van der Waals surface area contributed by atoms with Gasteiger partial charge < -0.3 is 9.47 Å². The van der Waals surface area contributed by atoms with Gasteiger partial charge in [-0.25, -0.2) is 0 Å². The number of carbonyl (C=O) groups excluding carboxylic acids is 2. The molecule has 0 aromatic heterocycles. The molecule has 0 saturated carbocycles. The normalized spacial score (nSPS) is 10.4. The summed E-state index contributed by atoms with van der Waals surface area (Å²) in [6, 6.07) is 15.1. The second-order valence-electron chi connectivity index (χ2n) is 6.52. The van der Waals surface area contributed by atoms with Gasteiger partial charge in [0.1, 0.15) is 11.5 Å². The summed E-state index contributed by atoms with van der Waals surface area (Å²) in [6.07, 6.45) is 4.49. The second-order valence-corrected chi connectivity index (χ2v) is 6.52. The van der Waals surface area contributed by atoms with Crippen molar-refractivity contribution >= 4 is 11.9 Å². The highest BCUT2D eigenvalue weighted by molar-refractivity contribution is 5.75. The Morgan fingerprint density at radius 3 is 1.52 bits per heavy atom.